The van der Waals surface area contributed by atoms with E-state index in [4.69, 9.17) is 4.74 Å². The molecule has 0 aliphatic carbocycles. The number of aromatic nitrogens is 3. The monoisotopic (exact) mass is 467 g/mol. The van der Waals surface area contributed by atoms with Gasteiger partial charge in [-0.25, -0.2) is 9.78 Å². The Morgan fingerprint density at radius 3 is 2.44 bits per heavy atom. The first-order valence-corrected chi connectivity index (χ1v) is 10.2. The predicted molar refractivity (Wildman–Crippen MR) is 121 cm³/mol. The van der Waals surface area contributed by atoms with E-state index in [1.165, 1.54) is 7.11 Å². The van der Waals surface area contributed by atoms with E-state index in [1.54, 1.807) is 43.1 Å². The van der Waals surface area contributed by atoms with Crippen molar-refractivity contribution in [2.75, 3.05) is 17.7 Å². The molecule has 10 heteroatoms. The molecule has 0 fully saturated rings. The Kier molecular flexibility index (Phi) is 6.48. The van der Waals surface area contributed by atoms with Gasteiger partial charge in [0.15, 0.2) is 0 Å². The van der Waals surface area contributed by atoms with Gasteiger partial charge in [-0.05, 0) is 53.6 Å². The number of halogens is 3. The highest BCUT2D eigenvalue weighted by atomic mass is 19.4. The van der Waals surface area contributed by atoms with Gasteiger partial charge < -0.3 is 19.9 Å². The highest BCUT2D eigenvalue weighted by Crippen LogP contribution is 2.35. The van der Waals surface area contributed by atoms with E-state index >= 15 is 0 Å². The molecule has 2 aromatic heterocycles. The number of anilines is 2. The molecular weight excluding hydrogens is 447 g/mol. The summed E-state index contributed by atoms with van der Waals surface area (Å²) in [5, 5.41) is 5.10. The number of pyridine rings is 1. The minimum absolute atomic E-state index is 0.0981. The molecule has 0 aliphatic heterocycles. The molecule has 2 aromatic carbocycles. The van der Waals surface area contributed by atoms with Crippen molar-refractivity contribution in [1.82, 2.24) is 14.5 Å². The summed E-state index contributed by atoms with van der Waals surface area (Å²) >= 11 is 0. The highest BCUT2D eigenvalue weighted by Gasteiger charge is 2.31. The summed E-state index contributed by atoms with van der Waals surface area (Å²) in [7, 11) is 1.31. The number of urea groups is 1. The maximum absolute atomic E-state index is 13.1. The molecule has 4 rings (SSSR count). The molecule has 1 atom stereocenters. The van der Waals surface area contributed by atoms with Crippen LogP contribution in [-0.2, 0) is 6.18 Å². The third-order valence-corrected chi connectivity index (χ3v) is 5.08. The van der Waals surface area contributed by atoms with Gasteiger partial charge in [0.2, 0.25) is 0 Å². The fourth-order valence-electron chi connectivity index (χ4n) is 3.56. The molecule has 7 nitrogen and oxygen atoms in total. The lowest BCUT2D eigenvalue weighted by atomic mass is 9.99. The van der Waals surface area contributed by atoms with Gasteiger partial charge in [-0.2, -0.15) is 13.2 Å². The van der Waals surface area contributed by atoms with Crippen molar-refractivity contribution in [3.8, 4) is 5.75 Å². The van der Waals surface area contributed by atoms with Gasteiger partial charge in [0.25, 0.3) is 0 Å². The number of alkyl halides is 3. The van der Waals surface area contributed by atoms with Crippen LogP contribution in [0, 0.1) is 0 Å². The fraction of sp³-hybridized carbons (Fsp3) is 0.125. The number of benzene rings is 2. The van der Waals surface area contributed by atoms with E-state index in [-0.39, 0.29) is 17.5 Å². The molecule has 2 amide bonds. The molecule has 2 N–H and O–H groups in total. The number of carbonyl (C=O) groups excluding carboxylic acids is 1. The van der Waals surface area contributed by atoms with Gasteiger partial charge in [-0.1, -0.05) is 12.1 Å². The summed E-state index contributed by atoms with van der Waals surface area (Å²) in [5.74, 6) is 0.106. The van der Waals surface area contributed by atoms with Crippen molar-refractivity contribution in [2.45, 2.75) is 12.2 Å². The molecule has 0 saturated heterocycles. The van der Waals surface area contributed by atoms with Crippen molar-refractivity contribution in [3.05, 3.63) is 102 Å². The van der Waals surface area contributed by atoms with Crippen LogP contribution in [0.3, 0.4) is 0 Å². The standard InChI is InChI=1S/C24H20F3N5O2/c1-34-21-6-5-18(24(25,26)27)14-20(21)31-23(33)30-19-4-2-3-17(13-19)22(32-12-11-29-15-32)16-7-9-28-10-8-16/h2-15,22H,1H3,(H2,30,31,33). The number of hydrogen-bond acceptors (Lipinski definition) is 4. The van der Waals surface area contributed by atoms with E-state index in [0.717, 1.165) is 29.3 Å². The first kappa shape index (κ1) is 22.8. The Morgan fingerprint density at radius 1 is 0.971 bits per heavy atom. The average Bonchev–Trinajstić information content (AvgIpc) is 3.34. The fourth-order valence-corrected chi connectivity index (χ4v) is 3.56. The zero-order valence-corrected chi connectivity index (χ0v) is 18.0. The molecule has 0 saturated carbocycles. The van der Waals surface area contributed by atoms with E-state index < -0.39 is 17.8 Å². The van der Waals surface area contributed by atoms with Crippen molar-refractivity contribution in [1.29, 1.82) is 0 Å². The van der Waals surface area contributed by atoms with Crippen molar-refractivity contribution in [3.63, 3.8) is 0 Å². The van der Waals surface area contributed by atoms with Crippen LogP contribution in [0.25, 0.3) is 0 Å². The van der Waals surface area contributed by atoms with Crippen LogP contribution in [-0.4, -0.2) is 27.7 Å². The van der Waals surface area contributed by atoms with Gasteiger partial charge >= 0.3 is 12.2 Å². The second-order valence-electron chi connectivity index (χ2n) is 7.31. The smallest absolute Gasteiger partial charge is 0.416 e. The quantitative estimate of drug-likeness (QED) is 0.388. The maximum Gasteiger partial charge on any atom is 0.416 e. The van der Waals surface area contributed by atoms with Crippen LogP contribution < -0.4 is 15.4 Å². The lowest BCUT2D eigenvalue weighted by molar-refractivity contribution is -0.137. The largest absolute Gasteiger partial charge is 0.495 e. The van der Waals surface area contributed by atoms with Crippen molar-refractivity contribution < 1.29 is 22.7 Å². The van der Waals surface area contributed by atoms with E-state index in [2.05, 4.69) is 20.6 Å². The minimum atomic E-state index is -4.55. The number of ether oxygens (including phenoxy) is 1. The van der Waals surface area contributed by atoms with Gasteiger partial charge in [0.05, 0.1) is 30.7 Å². The molecular formula is C24H20F3N5O2. The topological polar surface area (TPSA) is 81.1 Å². The second-order valence-corrected chi connectivity index (χ2v) is 7.31. The molecule has 34 heavy (non-hydrogen) atoms. The maximum atomic E-state index is 13.1. The van der Waals surface area contributed by atoms with Gasteiger partial charge in [0, 0.05) is 30.5 Å². The molecule has 2 heterocycles. The number of methoxy groups -OCH3 is 1. The summed E-state index contributed by atoms with van der Waals surface area (Å²) in [6.07, 6.45) is 4.03. The van der Waals surface area contributed by atoms with Crippen molar-refractivity contribution >= 4 is 17.4 Å². The number of nitrogens with one attached hydrogen (secondary N) is 2. The van der Waals surface area contributed by atoms with Crippen LogP contribution in [0.1, 0.15) is 22.7 Å². The van der Waals surface area contributed by atoms with Crippen LogP contribution in [0.2, 0.25) is 0 Å². The Bertz CT molecular complexity index is 1260. The summed E-state index contributed by atoms with van der Waals surface area (Å²) in [4.78, 5) is 20.8. The zero-order valence-electron chi connectivity index (χ0n) is 18.0. The third kappa shape index (κ3) is 5.17. The van der Waals surface area contributed by atoms with Crippen LogP contribution in [0.4, 0.5) is 29.3 Å². The van der Waals surface area contributed by atoms with E-state index in [1.807, 2.05) is 29.0 Å². The lowest BCUT2D eigenvalue weighted by Gasteiger charge is -2.20. The number of rotatable bonds is 6. The third-order valence-electron chi connectivity index (χ3n) is 5.08. The Hall–Kier alpha value is -4.34. The Balaban J connectivity index is 1.58. The van der Waals surface area contributed by atoms with Gasteiger partial charge in [-0.15, -0.1) is 0 Å². The number of imidazole rings is 1. The van der Waals surface area contributed by atoms with E-state index in [9.17, 15) is 18.0 Å². The van der Waals surface area contributed by atoms with Crippen LogP contribution >= 0.6 is 0 Å². The molecule has 0 aliphatic rings. The number of carbonyl (C=O) groups is 1. The van der Waals surface area contributed by atoms with Gasteiger partial charge in [-0.3, -0.25) is 4.98 Å². The summed E-state index contributed by atoms with van der Waals surface area (Å²) in [6.45, 7) is 0. The predicted octanol–water partition coefficient (Wildman–Crippen LogP) is 5.59. The van der Waals surface area contributed by atoms with Crippen LogP contribution in [0.5, 0.6) is 5.75 Å². The molecule has 4 aromatic rings. The molecule has 1 unspecified atom stereocenters. The second kappa shape index (κ2) is 9.65. The normalized spacial score (nSPS) is 12.1. The Morgan fingerprint density at radius 2 is 1.76 bits per heavy atom. The number of amides is 2. The molecule has 0 bridgehead atoms. The zero-order chi connectivity index (χ0) is 24.1. The molecule has 0 radical (unpaired) electrons. The van der Waals surface area contributed by atoms with E-state index in [0.29, 0.717) is 5.69 Å². The summed E-state index contributed by atoms with van der Waals surface area (Å²) in [6, 6.07) is 12.9. The number of nitrogens with zero attached hydrogens (tertiary/aromatic N) is 3. The first-order chi connectivity index (χ1) is 16.3. The van der Waals surface area contributed by atoms with Gasteiger partial charge in [0.1, 0.15) is 5.75 Å². The summed E-state index contributed by atoms with van der Waals surface area (Å²) in [5.41, 5.74) is 1.28. The molecule has 0 spiro atoms. The minimum Gasteiger partial charge on any atom is -0.495 e. The SMILES string of the molecule is COc1ccc(C(F)(F)F)cc1NC(=O)Nc1cccc(C(c2ccncc2)n2ccnc2)c1. The number of hydrogen-bond donors (Lipinski definition) is 2. The Labute approximate surface area is 193 Å². The average molecular weight is 467 g/mol. The van der Waals surface area contributed by atoms with Crippen LogP contribution in [0.15, 0.2) is 85.7 Å². The first-order valence-electron chi connectivity index (χ1n) is 10.2. The summed E-state index contributed by atoms with van der Waals surface area (Å²) < 4.78 is 46.3. The molecule has 174 valence electrons. The van der Waals surface area contributed by atoms with Crippen molar-refractivity contribution in [2.24, 2.45) is 0 Å². The lowest BCUT2D eigenvalue weighted by Crippen LogP contribution is -2.20. The highest BCUT2D eigenvalue weighted by molar-refractivity contribution is 6.00.